The number of carbonyl (C=O) groups excluding carboxylic acids is 1. The summed E-state index contributed by atoms with van der Waals surface area (Å²) in [6, 6.07) is 5.14. The molecule has 1 aromatic rings. The van der Waals surface area contributed by atoms with Gasteiger partial charge < -0.3 is 0 Å². The smallest absolute Gasteiger partial charge is 0.204 e. The molecule has 56 valence electrons. The second kappa shape index (κ2) is 3.93. The van der Waals surface area contributed by atoms with E-state index in [9.17, 15) is 4.79 Å². The normalized spacial score (nSPS) is 11.5. The summed E-state index contributed by atoms with van der Waals surface area (Å²) in [6.45, 7) is 0. The number of thiol groups is 1. The fourth-order valence-electron chi connectivity index (χ4n) is 0.656. The average Bonchev–Trinajstić information content (AvgIpc) is 2.15. The highest BCUT2D eigenvalue weighted by Crippen LogP contribution is 1.96. The fraction of sp³-hybridized carbons (Fsp3) is 0. The van der Waals surface area contributed by atoms with Crippen LogP contribution in [-0.2, 0) is 0 Å². The molecule has 0 spiro atoms. The minimum absolute atomic E-state index is 0.171. The third kappa shape index (κ3) is 2.20. The molecule has 2 nitrogen and oxygen atoms in total. The number of carbonyl (C=O) groups is 1. The summed E-state index contributed by atoms with van der Waals surface area (Å²) >= 11 is 0.745. The quantitative estimate of drug-likeness (QED) is 0.421. The molecular weight excluding hydrogens is 158 g/mol. The minimum atomic E-state index is -0.171. The van der Waals surface area contributed by atoms with E-state index in [2.05, 4.69) is 4.98 Å². The van der Waals surface area contributed by atoms with Gasteiger partial charge in [0.1, 0.15) is 6.82 Å². The van der Waals surface area contributed by atoms with E-state index in [1.165, 1.54) is 11.5 Å². The van der Waals surface area contributed by atoms with Gasteiger partial charge in [-0.15, -0.1) is 0 Å². The first-order chi connectivity index (χ1) is 5.84. The van der Waals surface area contributed by atoms with Crippen LogP contribution in [0.1, 0.15) is 10.5 Å². The summed E-state index contributed by atoms with van der Waals surface area (Å²) in [5, 5.41) is 1.41. The van der Waals surface area contributed by atoms with Gasteiger partial charge >= 0.3 is 0 Å². The molecule has 0 radical (unpaired) electrons. The predicted molar refractivity (Wildman–Crippen MR) is 46.7 cm³/mol. The van der Waals surface area contributed by atoms with Crippen LogP contribution in [0.3, 0.4) is 0 Å². The maximum atomic E-state index is 11.2. The average molecular weight is 166 g/mol. The molecule has 0 aromatic carbocycles. The maximum Gasteiger partial charge on any atom is 0.204 e. The van der Waals surface area contributed by atoms with Gasteiger partial charge in [0.2, 0.25) is 5.78 Å². The number of allylic oxidation sites excluding steroid dienone is 1. The number of aromatic nitrogens is 1. The van der Waals surface area contributed by atoms with Crippen LogP contribution in [0.15, 0.2) is 35.9 Å². The number of hydrogen-bond acceptors (Lipinski definition) is 3. The fourth-order valence-corrected chi connectivity index (χ4v) is 0.779. The first-order valence-corrected chi connectivity index (χ1v) is 3.55. The van der Waals surface area contributed by atoms with E-state index in [0.29, 0.717) is 5.69 Å². The van der Waals surface area contributed by atoms with Gasteiger partial charge in [0, 0.05) is 6.20 Å². The van der Waals surface area contributed by atoms with E-state index in [4.69, 9.17) is 1.12 Å². The zero-order valence-corrected chi connectivity index (χ0v) is 6.54. The minimum Gasteiger partial charge on any atom is -0.288 e. The van der Waals surface area contributed by atoms with Gasteiger partial charge in [0.25, 0.3) is 0 Å². The molecule has 0 bridgehead atoms. The highest BCUT2D eigenvalue weighted by atomic mass is 32.1. The monoisotopic (exact) mass is 166 g/mol. The van der Waals surface area contributed by atoms with Gasteiger partial charge in [-0.3, -0.25) is 9.78 Å². The lowest BCUT2D eigenvalue weighted by atomic mass is 10.2. The van der Waals surface area contributed by atoms with E-state index in [0.717, 1.165) is 12.5 Å². The van der Waals surface area contributed by atoms with Crippen LogP contribution in [-0.4, -0.2) is 11.9 Å². The van der Waals surface area contributed by atoms with Crippen LogP contribution in [0.2, 0.25) is 0 Å². The Hall–Kier alpha value is -1.09. The molecular formula is C8H7NOS. The maximum absolute atomic E-state index is 11.2. The Morgan fingerprint density at radius 3 is 3.27 bits per heavy atom. The second-order valence-electron chi connectivity index (χ2n) is 1.88. The molecule has 0 atom stereocenters. The van der Waals surface area contributed by atoms with Crippen LogP contribution in [0.25, 0.3) is 0 Å². The van der Waals surface area contributed by atoms with Gasteiger partial charge in [-0.2, -0.15) is 12.5 Å². The molecule has 0 aliphatic heterocycles. The van der Waals surface area contributed by atoms with Gasteiger partial charge in [-0.25, -0.2) is 0 Å². The Kier molecular flexibility index (Phi) is 2.36. The van der Waals surface area contributed by atoms with Crippen molar-refractivity contribution in [2.45, 2.75) is 0 Å². The summed E-state index contributed by atoms with van der Waals surface area (Å²) < 4.78 is 6.72. The number of rotatable bonds is 3. The Morgan fingerprint density at radius 1 is 1.73 bits per heavy atom. The van der Waals surface area contributed by atoms with E-state index < -0.39 is 0 Å². The van der Waals surface area contributed by atoms with E-state index in [-0.39, 0.29) is 5.78 Å². The molecule has 0 unspecified atom stereocenters. The van der Waals surface area contributed by atoms with Gasteiger partial charge in [-0.05, 0) is 23.6 Å². The van der Waals surface area contributed by atoms with Crippen LogP contribution in [0.5, 0.6) is 0 Å². The lowest BCUT2D eigenvalue weighted by molar-refractivity contribution is 0.104. The SMILES string of the molecule is [2H]S/C=C/C(=O)c1ccccn1. The number of nitrogens with zero attached hydrogens (tertiary/aromatic N) is 1. The van der Waals surface area contributed by atoms with Crippen LogP contribution < -0.4 is 0 Å². The zero-order valence-electron chi connectivity index (χ0n) is 6.73. The number of hydrogen-bond donors (Lipinski definition) is 1. The third-order valence-corrected chi connectivity index (χ3v) is 1.27. The van der Waals surface area contributed by atoms with E-state index >= 15 is 0 Å². The number of ketones is 1. The first-order valence-electron chi connectivity index (χ1n) is 3.49. The summed E-state index contributed by atoms with van der Waals surface area (Å²) in [7, 11) is 0. The third-order valence-electron chi connectivity index (χ3n) is 1.14. The molecule has 0 saturated heterocycles. The highest BCUT2D eigenvalue weighted by molar-refractivity contribution is 7.83. The van der Waals surface area contributed by atoms with Crippen molar-refractivity contribution in [2.24, 2.45) is 0 Å². The van der Waals surface area contributed by atoms with Gasteiger partial charge in [-0.1, -0.05) is 6.07 Å². The van der Waals surface area contributed by atoms with Crippen LogP contribution in [0, 0.1) is 0 Å². The lowest BCUT2D eigenvalue weighted by Crippen LogP contribution is -1.95. The molecule has 0 aliphatic rings. The molecule has 1 aromatic heterocycles. The van der Waals surface area contributed by atoms with Gasteiger partial charge in [0.05, 0.1) is 0 Å². The largest absolute Gasteiger partial charge is 0.288 e. The Bertz CT molecular complexity index is 286. The first kappa shape index (κ1) is 6.61. The van der Waals surface area contributed by atoms with Crippen molar-refractivity contribution in [3.05, 3.63) is 41.6 Å². The Morgan fingerprint density at radius 2 is 2.64 bits per heavy atom. The van der Waals surface area contributed by atoms with Crippen LogP contribution in [0.4, 0.5) is 0 Å². The van der Waals surface area contributed by atoms with Crippen molar-refractivity contribution in [1.29, 1.82) is 1.12 Å². The summed E-state index contributed by atoms with van der Waals surface area (Å²) in [4.78, 5) is 15.0. The van der Waals surface area contributed by atoms with Gasteiger partial charge in [0.15, 0.2) is 0 Å². The Balaban J connectivity index is 2.72. The highest BCUT2D eigenvalue weighted by Gasteiger charge is 1.99. The standard InChI is InChI=1S/C8H7NOS/c10-8(4-6-11)7-3-1-2-5-9-7/h1-6,11H/b6-4+/i/hD. The molecule has 1 heterocycles. The predicted octanol–water partition coefficient (Wildman–Crippen LogP) is 1.71. The van der Waals surface area contributed by atoms with Crippen molar-refractivity contribution in [3.8, 4) is 0 Å². The number of pyridine rings is 1. The topological polar surface area (TPSA) is 30.0 Å². The van der Waals surface area contributed by atoms with E-state index in [1.807, 2.05) is 0 Å². The summed E-state index contributed by atoms with van der Waals surface area (Å²) in [5.74, 6) is -0.171. The molecule has 0 N–H and O–H groups in total. The van der Waals surface area contributed by atoms with Crippen LogP contribution >= 0.6 is 12.5 Å². The second-order valence-corrected chi connectivity index (χ2v) is 2.15. The molecule has 0 aliphatic carbocycles. The Labute approximate surface area is 71.5 Å². The summed E-state index contributed by atoms with van der Waals surface area (Å²) in [5.41, 5.74) is 0.405. The van der Waals surface area contributed by atoms with E-state index in [1.54, 1.807) is 24.4 Å². The van der Waals surface area contributed by atoms with Crippen molar-refractivity contribution >= 4 is 18.3 Å². The molecule has 3 heteroatoms. The molecule has 0 amide bonds. The molecule has 0 fully saturated rings. The van der Waals surface area contributed by atoms with Crippen molar-refractivity contribution < 1.29 is 4.79 Å². The van der Waals surface area contributed by atoms with Crippen molar-refractivity contribution in [2.75, 3.05) is 0 Å². The zero-order chi connectivity index (χ0) is 8.81. The van der Waals surface area contributed by atoms with Crippen molar-refractivity contribution in [1.82, 2.24) is 4.98 Å². The summed E-state index contributed by atoms with van der Waals surface area (Å²) in [6.07, 6.45) is 2.90. The molecule has 1 rings (SSSR count). The molecule has 0 saturated carbocycles. The molecule has 11 heavy (non-hydrogen) atoms. The lowest BCUT2D eigenvalue weighted by Gasteiger charge is -1.90. The van der Waals surface area contributed by atoms with Crippen molar-refractivity contribution in [3.63, 3.8) is 0 Å².